The van der Waals surface area contributed by atoms with E-state index in [1.165, 1.54) is 12.8 Å². The molecule has 1 atom stereocenters. The van der Waals surface area contributed by atoms with E-state index in [-0.39, 0.29) is 5.92 Å². The van der Waals surface area contributed by atoms with Gasteiger partial charge in [0.2, 0.25) is 5.91 Å². The van der Waals surface area contributed by atoms with Crippen molar-refractivity contribution in [1.82, 2.24) is 4.90 Å². The minimum absolute atomic E-state index is 0.164. The van der Waals surface area contributed by atoms with Crippen molar-refractivity contribution in [1.29, 1.82) is 0 Å². The molecule has 0 spiro atoms. The Bertz CT molecular complexity index is 165. The maximum atomic E-state index is 11.6. The summed E-state index contributed by atoms with van der Waals surface area (Å²) in [5.74, 6) is 0.497. The quantitative estimate of drug-likeness (QED) is 0.619. The van der Waals surface area contributed by atoms with Crippen LogP contribution >= 0.6 is 0 Å². The van der Waals surface area contributed by atoms with Gasteiger partial charge >= 0.3 is 0 Å². The highest BCUT2D eigenvalue weighted by Gasteiger charge is 2.28. The number of nitrogens with zero attached hydrogens (tertiary/aromatic N) is 1. The number of amides is 1. The molecule has 0 aromatic rings. The van der Waals surface area contributed by atoms with Crippen LogP contribution in [-0.4, -0.2) is 23.4 Å². The molecule has 1 rings (SSSR count). The number of rotatable bonds is 2. The van der Waals surface area contributed by atoms with Crippen molar-refractivity contribution in [2.24, 2.45) is 5.92 Å². The van der Waals surface area contributed by atoms with Crippen LogP contribution in [-0.2, 0) is 4.79 Å². The van der Waals surface area contributed by atoms with Crippen LogP contribution < -0.4 is 0 Å². The molecule has 0 aromatic heterocycles. The van der Waals surface area contributed by atoms with Crippen molar-refractivity contribution in [2.75, 3.05) is 6.54 Å². The van der Waals surface area contributed by atoms with E-state index in [0.29, 0.717) is 11.9 Å². The normalized spacial score (nSPS) is 23.7. The Balaban J connectivity index is 2.55. The Morgan fingerprint density at radius 2 is 2.25 bits per heavy atom. The molecule has 0 N–H and O–H groups in total. The minimum atomic E-state index is 0.164. The fourth-order valence-corrected chi connectivity index (χ4v) is 1.88. The number of likely N-dealkylation sites (tertiary alicyclic amines) is 1. The molecule has 0 unspecified atom stereocenters. The summed E-state index contributed by atoms with van der Waals surface area (Å²) in [6.45, 7) is 7.10. The number of hydrogen-bond acceptors (Lipinski definition) is 1. The molecule has 1 fully saturated rings. The van der Waals surface area contributed by atoms with Crippen molar-refractivity contribution in [3.05, 3.63) is 0 Å². The van der Waals surface area contributed by atoms with Gasteiger partial charge in [-0.15, -0.1) is 0 Å². The fourth-order valence-electron chi connectivity index (χ4n) is 1.88. The standard InChI is InChI=1S/C10H19NO/c1-4-9-6-5-7-11(9)10(12)8(2)3/h8-9H,4-7H2,1-3H3/t9-/m0/s1. The van der Waals surface area contributed by atoms with E-state index in [1.54, 1.807) is 0 Å². The highest BCUT2D eigenvalue weighted by molar-refractivity contribution is 5.78. The molecule has 0 radical (unpaired) electrons. The van der Waals surface area contributed by atoms with Crippen LogP contribution in [0, 0.1) is 5.92 Å². The average molecular weight is 169 g/mol. The van der Waals surface area contributed by atoms with Gasteiger partial charge in [-0.25, -0.2) is 0 Å². The van der Waals surface area contributed by atoms with Gasteiger partial charge in [0.1, 0.15) is 0 Å². The van der Waals surface area contributed by atoms with Crippen LogP contribution in [0.4, 0.5) is 0 Å². The zero-order valence-electron chi connectivity index (χ0n) is 8.34. The summed E-state index contributed by atoms with van der Waals surface area (Å²) < 4.78 is 0. The van der Waals surface area contributed by atoms with Crippen molar-refractivity contribution in [2.45, 2.75) is 46.1 Å². The lowest BCUT2D eigenvalue weighted by molar-refractivity contribution is -0.135. The van der Waals surface area contributed by atoms with Crippen LogP contribution in [0.1, 0.15) is 40.0 Å². The first kappa shape index (κ1) is 9.56. The molecular weight excluding hydrogens is 150 g/mol. The summed E-state index contributed by atoms with van der Waals surface area (Å²) in [5.41, 5.74) is 0. The van der Waals surface area contributed by atoms with Gasteiger partial charge in [0.15, 0.2) is 0 Å². The second kappa shape index (κ2) is 3.92. The molecule has 0 bridgehead atoms. The lowest BCUT2D eigenvalue weighted by Crippen LogP contribution is -2.37. The van der Waals surface area contributed by atoms with Crippen LogP contribution in [0.15, 0.2) is 0 Å². The molecule has 2 nitrogen and oxygen atoms in total. The van der Waals surface area contributed by atoms with Crippen molar-refractivity contribution >= 4 is 5.91 Å². The van der Waals surface area contributed by atoms with Gasteiger partial charge in [0.05, 0.1) is 0 Å². The van der Waals surface area contributed by atoms with Gasteiger partial charge in [-0.3, -0.25) is 4.79 Å². The summed E-state index contributed by atoms with van der Waals surface area (Å²) in [7, 11) is 0. The van der Waals surface area contributed by atoms with Crippen LogP contribution in [0.3, 0.4) is 0 Å². The zero-order chi connectivity index (χ0) is 9.14. The highest BCUT2D eigenvalue weighted by Crippen LogP contribution is 2.21. The molecule has 2 heteroatoms. The van der Waals surface area contributed by atoms with Gasteiger partial charge in [-0.1, -0.05) is 20.8 Å². The van der Waals surface area contributed by atoms with Gasteiger partial charge in [0.25, 0.3) is 0 Å². The summed E-state index contributed by atoms with van der Waals surface area (Å²) in [6.07, 6.45) is 3.50. The monoisotopic (exact) mass is 169 g/mol. The molecule has 1 heterocycles. The largest absolute Gasteiger partial charge is 0.340 e. The van der Waals surface area contributed by atoms with E-state index in [0.717, 1.165) is 13.0 Å². The predicted molar refractivity (Wildman–Crippen MR) is 49.9 cm³/mol. The zero-order valence-corrected chi connectivity index (χ0v) is 8.34. The Hall–Kier alpha value is -0.530. The lowest BCUT2D eigenvalue weighted by Gasteiger charge is -2.25. The average Bonchev–Trinajstić information content (AvgIpc) is 2.49. The molecule has 1 saturated heterocycles. The predicted octanol–water partition coefficient (Wildman–Crippen LogP) is 2.04. The second-order valence-electron chi connectivity index (χ2n) is 3.89. The van der Waals surface area contributed by atoms with Gasteiger partial charge in [-0.2, -0.15) is 0 Å². The van der Waals surface area contributed by atoms with E-state index in [1.807, 2.05) is 13.8 Å². The first-order valence-corrected chi connectivity index (χ1v) is 4.97. The third-order valence-corrected chi connectivity index (χ3v) is 2.63. The van der Waals surface area contributed by atoms with Crippen LogP contribution in [0.5, 0.6) is 0 Å². The van der Waals surface area contributed by atoms with E-state index in [4.69, 9.17) is 0 Å². The summed E-state index contributed by atoms with van der Waals surface area (Å²) >= 11 is 0. The maximum absolute atomic E-state index is 11.6. The van der Waals surface area contributed by atoms with E-state index in [9.17, 15) is 4.79 Å². The molecular formula is C10H19NO. The SMILES string of the molecule is CC[C@H]1CCCN1C(=O)C(C)C. The number of carbonyl (C=O) groups is 1. The Labute approximate surface area is 74.9 Å². The Morgan fingerprint density at radius 3 is 2.75 bits per heavy atom. The third kappa shape index (κ3) is 1.79. The highest BCUT2D eigenvalue weighted by atomic mass is 16.2. The minimum Gasteiger partial charge on any atom is -0.340 e. The summed E-state index contributed by atoms with van der Waals surface area (Å²) in [6, 6.07) is 0.528. The van der Waals surface area contributed by atoms with E-state index >= 15 is 0 Å². The Morgan fingerprint density at radius 1 is 1.58 bits per heavy atom. The maximum Gasteiger partial charge on any atom is 0.225 e. The van der Waals surface area contributed by atoms with E-state index in [2.05, 4.69) is 11.8 Å². The molecule has 0 aliphatic carbocycles. The molecule has 12 heavy (non-hydrogen) atoms. The van der Waals surface area contributed by atoms with Gasteiger partial charge in [0, 0.05) is 18.5 Å². The smallest absolute Gasteiger partial charge is 0.225 e. The third-order valence-electron chi connectivity index (χ3n) is 2.63. The number of carbonyl (C=O) groups excluding carboxylic acids is 1. The summed E-state index contributed by atoms with van der Waals surface area (Å²) in [5, 5.41) is 0. The first-order chi connectivity index (χ1) is 5.66. The van der Waals surface area contributed by atoms with Crippen molar-refractivity contribution in [3.8, 4) is 0 Å². The molecule has 0 saturated carbocycles. The molecule has 1 aliphatic heterocycles. The first-order valence-electron chi connectivity index (χ1n) is 4.97. The second-order valence-corrected chi connectivity index (χ2v) is 3.89. The Kier molecular flexibility index (Phi) is 3.12. The fraction of sp³-hybridized carbons (Fsp3) is 0.900. The topological polar surface area (TPSA) is 20.3 Å². The molecule has 1 amide bonds. The van der Waals surface area contributed by atoms with Crippen molar-refractivity contribution in [3.63, 3.8) is 0 Å². The van der Waals surface area contributed by atoms with Crippen molar-refractivity contribution < 1.29 is 4.79 Å². The number of hydrogen-bond donors (Lipinski definition) is 0. The van der Waals surface area contributed by atoms with Crippen LogP contribution in [0.2, 0.25) is 0 Å². The van der Waals surface area contributed by atoms with Gasteiger partial charge in [-0.05, 0) is 19.3 Å². The lowest BCUT2D eigenvalue weighted by atomic mass is 10.1. The molecule has 70 valence electrons. The van der Waals surface area contributed by atoms with Gasteiger partial charge < -0.3 is 4.90 Å². The van der Waals surface area contributed by atoms with E-state index < -0.39 is 0 Å². The molecule has 1 aliphatic rings. The van der Waals surface area contributed by atoms with Crippen LogP contribution in [0.25, 0.3) is 0 Å². The summed E-state index contributed by atoms with van der Waals surface area (Å²) in [4.78, 5) is 13.7. The molecule has 0 aromatic carbocycles.